The molecule has 3 aromatic rings. The van der Waals surface area contributed by atoms with Crippen molar-refractivity contribution in [3.8, 4) is 11.5 Å². The number of nitrogens with zero attached hydrogens (tertiary/aromatic N) is 4. The number of amidine groups is 2. The lowest BCUT2D eigenvalue weighted by Crippen LogP contribution is -2.35. The second-order valence-electron chi connectivity index (χ2n) is 7.07. The second-order valence-corrected chi connectivity index (χ2v) is 9.38. The number of thioether (sulfide) groups is 1. The third-order valence-corrected chi connectivity index (χ3v) is 6.93. The van der Waals surface area contributed by atoms with E-state index in [1.54, 1.807) is 42.0 Å². The van der Waals surface area contributed by atoms with Gasteiger partial charge in [-0.1, -0.05) is 17.7 Å². The number of thiophene rings is 1. The van der Waals surface area contributed by atoms with E-state index in [-0.39, 0.29) is 27.9 Å². The molecule has 1 N–H and O–H groups in total. The van der Waals surface area contributed by atoms with Crippen molar-refractivity contribution in [2.45, 2.75) is 0 Å². The molecule has 9 nitrogen and oxygen atoms in total. The molecule has 2 aliphatic heterocycles. The number of hydrazone groups is 1. The molecule has 1 aromatic carbocycles. The highest BCUT2D eigenvalue weighted by atomic mass is 35.5. The second kappa shape index (κ2) is 9.45. The van der Waals surface area contributed by atoms with E-state index in [9.17, 15) is 9.59 Å². The van der Waals surface area contributed by atoms with Crippen LogP contribution in [0.5, 0.6) is 11.5 Å². The van der Waals surface area contributed by atoms with Crippen LogP contribution >= 0.6 is 34.7 Å². The zero-order chi connectivity index (χ0) is 24.5. The summed E-state index contributed by atoms with van der Waals surface area (Å²) in [5.41, 5.74) is 1.23. The smallest absolute Gasteiger partial charge is 0.353 e. The zero-order valence-electron chi connectivity index (χ0n) is 17.9. The van der Waals surface area contributed by atoms with Gasteiger partial charge in [-0.25, -0.2) is 4.79 Å². The first-order valence-electron chi connectivity index (χ1n) is 9.98. The van der Waals surface area contributed by atoms with Gasteiger partial charge in [-0.05, 0) is 59.1 Å². The maximum atomic E-state index is 12.7. The highest BCUT2D eigenvalue weighted by Crippen LogP contribution is 2.38. The van der Waals surface area contributed by atoms with Gasteiger partial charge in [0.25, 0.3) is 5.91 Å². The Morgan fingerprint density at radius 2 is 2.11 bits per heavy atom. The normalized spacial score (nSPS) is 16.2. The van der Waals surface area contributed by atoms with Crippen LogP contribution in [0.15, 0.2) is 69.8 Å². The Labute approximate surface area is 212 Å². The summed E-state index contributed by atoms with van der Waals surface area (Å²) in [5, 5.41) is 17.0. The van der Waals surface area contributed by atoms with Crippen LogP contribution in [0.25, 0.3) is 6.08 Å². The van der Waals surface area contributed by atoms with E-state index < -0.39 is 11.9 Å². The number of benzene rings is 1. The molecule has 0 aliphatic carbocycles. The minimum atomic E-state index is -0.584. The van der Waals surface area contributed by atoms with E-state index in [0.717, 1.165) is 5.56 Å². The number of hydrogen-bond donors (Lipinski definition) is 1. The van der Waals surface area contributed by atoms with Gasteiger partial charge in [0.1, 0.15) is 9.92 Å². The lowest BCUT2D eigenvalue weighted by molar-refractivity contribution is -0.114. The van der Waals surface area contributed by atoms with Crippen LogP contribution in [0.4, 0.5) is 0 Å². The van der Waals surface area contributed by atoms with Gasteiger partial charge < -0.3 is 9.47 Å². The largest absolute Gasteiger partial charge is 0.493 e. The van der Waals surface area contributed by atoms with E-state index in [2.05, 4.69) is 15.1 Å². The Morgan fingerprint density at radius 3 is 2.83 bits per heavy atom. The monoisotopic (exact) mass is 523 g/mol. The number of pyridine rings is 1. The molecule has 4 heterocycles. The maximum Gasteiger partial charge on any atom is 0.353 e. The molecule has 174 valence electrons. The number of aromatic nitrogens is 1. The zero-order valence-corrected chi connectivity index (χ0v) is 20.3. The maximum absolute atomic E-state index is 12.7. The first-order valence-corrected chi connectivity index (χ1v) is 12.1. The number of aliphatic imine (C=N–C) groups is 1. The number of rotatable bonds is 5. The van der Waals surface area contributed by atoms with Gasteiger partial charge in [0, 0.05) is 18.0 Å². The van der Waals surface area contributed by atoms with E-state index in [1.165, 1.54) is 47.4 Å². The number of carbonyl (C=O) groups is 2. The quantitative estimate of drug-likeness (QED) is 0.293. The number of ether oxygens (including phenoxy) is 2. The minimum absolute atomic E-state index is 0.0204. The van der Waals surface area contributed by atoms with Crippen LogP contribution in [-0.2, 0) is 4.79 Å². The topological polar surface area (TPSA) is 117 Å². The number of nitrogens with one attached hydrogen (secondary N) is 1. The van der Waals surface area contributed by atoms with Crippen LogP contribution < -0.4 is 9.47 Å². The SMILES string of the molecule is COc1cc(/C=C2/C(=N)N3N=C(c4cccnc4)SC3=NC2=O)cc(Cl)c1OC(=O)c1cccs1. The van der Waals surface area contributed by atoms with Crippen molar-refractivity contribution in [3.05, 3.63) is 80.8 Å². The molecular weight excluding hydrogens is 510 g/mol. The molecule has 0 radical (unpaired) electrons. The fraction of sp³-hybridized carbons (Fsp3) is 0.0435. The Morgan fingerprint density at radius 1 is 1.26 bits per heavy atom. The Balaban J connectivity index is 1.45. The molecule has 1 amide bonds. The number of carbonyl (C=O) groups excluding carboxylic acids is 2. The van der Waals surface area contributed by atoms with Crippen molar-refractivity contribution < 1.29 is 19.1 Å². The molecule has 0 unspecified atom stereocenters. The third kappa shape index (κ3) is 4.48. The van der Waals surface area contributed by atoms with E-state index >= 15 is 0 Å². The van der Waals surface area contributed by atoms with Crippen molar-refractivity contribution in [1.82, 2.24) is 9.99 Å². The van der Waals surface area contributed by atoms with Crippen LogP contribution in [-0.4, -0.2) is 45.0 Å². The molecule has 5 rings (SSSR count). The molecule has 35 heavy (non-hydrogen) atoms. The lowest BCUT2D eigenvalue weighted by atomic mass is 10.1. The van der Waals surface area contributed by atoms with Crippen LogP contribution in [0.3, 0.4) is 0 Å². The van der Waals surface area contributed by atoms with Gasteiger partial charge in [0.15, 0.2) is 17.3 Å². The summed E-state index contributed by atoms with van der Waals surface area (Å²) in [6.07, 6.45) is 4.76. The highest BCUT2D eigenvalue weighted by Gasteiger charge is 2.36. The summed E-state index contributed by atoms with van der Waals surface area (Å²) in [4.78, 5) is 33.7. The molecule has 0 atom stereocenters. The summed E-state index contributed by atoms with van der Waals surface area (Å²) in [6, 6.07) is 10.1. The van der Waals surface area contributed by atoms with Crippen LogP contribution in [0.2, 0.25) is 5.02 Å². The van der Waals surface area contributed by atoms with Gasteiger partial charge in [-0.15, -0.1) is 11.3 Å². The first-order chi connectivity index (χ1) is 16.9. The number of amides is 1. The minimum Gasteiger partial charge on any atom is -0.493 e. The molecule has 0 saturated heterocycles. The van der Waals surface area contributed by atoms with Crippen molar-refractivity contribution in [3.63, 3.8) is 0 Å². The number of esters is 1. The summed E-state index contributed by atoms with van der Waals surface area (Å²) in [7, 11) is 1.41. The summed E-state index contributed by atoms with van der Waals surface area (Å²) in [5.74, 6) is -1.02. The van der Waals surface area contributed by atoms with Gasteiger partial charge in [-0.2, -0.15) is 15.1 Å². The molecular formula is C23H14ClN5O4S2. The van der Waals surface area contributed by atoms with E-state index in [0.29, 0.717) is 20.7 Å². The molecule has 2 aliphatic rings. The number of halogens is 1. The first kappa shape index (κ1) is 23.0. The fourth-order valence-electron chi connectivity index (χ4n) is 3.22. The fourth-order valence-corrected chi connectivity index (χ4v) is 4.96. The lowest BCUT2D eigenvalue weighted by Gasteiger charge is -2.20. The Kier molecular flexibility index (Phi) is 6.20. The van der Waals surface area contributed by atoms with E-state index in [1.807, 2.05) is 6.07 Å². The van der Waals surface area contributed by atoms with Crippen molar-refractivity contribution in [2.24, 2.45) is 10.1 Å². The Hall–Kier alpha value is -3.80. The van der Waals surface area contributed by atoms with Crippen LogP contribution in [0.1, 0.15) is 20.8 Å². The number of fused-ring (bicyclic) bond motifs is 1. The van der Waals surface area contributed by atoms with Gasteiger partial charge >= 0.3 is 5.97 Å². The summed E-state index contributed by atoms with van der Waals surface area (Å²) >= 11 is 8.82. The van der Waals surface area contributed by atoms with Crippen molar-refractivity contribution >= 4 is 68.7 Å². The molecule has 0 bridgehead atoms. The van der Waals surface area contributed by atoms with Crippen LogP contribution in [0, 0.1) is 5.41 Å². The Bertz CT molecular complexity index is 1450. The molecule has 2 aromatic heterocycles. The average Bonchev–Trinajstić information content (AvgIpc) is 3.54. The number of hydrogen-bond acceptors (Lipinski definition) is 9. The number of methoxy groups -OCH3 is 1. The molecule has 0 spiro atoms. The van der Waals surface area contributed by atoms with Crippen molar-refractivity contribution in [2.75, 3.05) is 7.11 Å². The van der Waals surface area contributed by atoms with E-state index in [4.69, 9.17) is 26.5 Å². The van der Waals surface area contributed by atoms with Gasteiger partial charge in [0.2, 0.25) is 5.17 Å². The summed E-state index contributed by atoms with van der Waals surface area (Å²) in [6.45, 7) is 0. The third-order valence-electron chi connectivity index (χ3n) is 4.84. The molecule has 0 saturated carbocycles. The predicted octanol–water partition coefficient (Wildman–Crippen LogP) is 4.69. The molecule has 0 fully saturated rings. The highest BCUT2D eigenvalue weighted by molar-refractivity contribution is 8.27. The summed E-state index contributed by atoms with van der Waals surface area (Å²) < 4.78 is 10.8. The standard InChI is InChI=1S/C23H14ClN5O4S2/c1-32-16-10-12(9-15(24)18(16)33-22(31)17-5-3-7-34-17)8-14-19(25)29-23(27-20(14)30)35-21(28-29)13-4-2-6-26-11-13/h2-11,25H,1H3/b14-8-,25-19?. The average molecular weight is 524 g/mol. The predicted molar refractivity (Wildman–Crippen MR) is 136 cm³/mol. The molecule has 12 heteroatoms. The van der Waals surface area contributed by atoms with Gasteiger partial charge in [0.05, 0.1) is 17.7 Å². The van der Waals surface area contributed by atoms with Gasteiger partial charge in [-0.3, -0.25) is 15.2 Å². The van der Waals surface area contributed by atoms with Crippen molar-refractivity contribution in [1.29, 1.82) is 5.41 Å².